The molecule has 2 aromatic heterocycles. The molecule has 0 saturated carbocycles. The van der Waals surface area contributed by atoms with Crippen LogP contribution in [-0.4, -0.2) is 35.3 Å². The molecule has 0 aliphatic carbocycles. The van der Waals surface area contributed by atoms with Crippen LogP contribution in [0.1, 0.15) is 20.8 Å². The lowest BCUT2D eigenvalue weighted by Gasteiger charge is -2.24. The summed E-state index contributed by atoms with van der Waals surface area (Å²) >= 11 is 0. The smallest absolute Gasteiger partial charge is 0.296 e. The van der Waals surface area contributed by atoms with Crippen molar-refractivity contribution in [3.05, 3.63) is 18.3 Å². The monoisotopic (exact) mass is 330 g/mol. The molecule has 2 aromatic rings. The van der Waals surface area contributed by atoms with E-state index in [0.717, 1.165) is 0 Å². The van der Waals surface area contributed by atoms with Gasteiger partial charge < -0.3 is 4.74 Å². The van der Waals surface area contributed by atoms with Crippen LogP contribution in [-0.2, 0) is 14.6 Å². The third-order valence-electron chi connectivity index (χ3n) is 2.73. The maximum atomic E-state index is 11.7. The van der Waals surface area contributed by atoms with Gasteiger partial charge in [-0.2, -0.15) is 0 Å². The molecule has 0 atom stereocenters. The second-order valence-electron chi connectivity index (χ2n) is 5.31. The van der Waals surface area contributed by atoms with E-state index in [2.05, 4.69) is 15.2 Å². The summed E-state index contributed by atoms with van der Waals surface area (Å²) in [5.41, 5.74) is -0.0641. The zero-order valence-electron chi connectivity index (χ0n) is 12.0. The fraction of sp³-hybridized carbons (Fsp3) is 0.417. The number of methoxy groups -OCH3 is 1. The summed E-state index contributed by atoms with van der Waals surface area (Å²) in [7, 11) is 2.90. The van der Waals surface area contributed by atoms with Crippen molar-refractivity contribution in [1.82, 2.24) is 19.7 Å². The van der Waals surface area contributed by atoms with Gasteiger partial charge in [-0.15, -0.1) is 10.2 Å². The lowest BCUT2D eigenvalue weighted by Crippen LogP contribution is -2.26. The SMILES string of the molecule is COc1ncccc1-c1nnc(S(=O)(=O)Cl)n1C(C)(C)C. The number of halogens is 1. The summed E-state index contributed by atoms with van der Waals surface area (Å²) in [5.74, 6) is 0.653. The third-order valence-corrected chi connectivity index (χ3v) is 3.84. The Balaban J connectivity index is 2.80. The predicted molar refractivity (Wildman–Crippen MR) is 77.8 cm³/mol. The summed E-state index contributed by atoms with van der Waals surface area (Å²) in [4.78, 5) is 4.08. The van der Waals surface area contributed by atoms with E-state index in [1.165, 1.54) is 11.7 Å². The summed E-state index contributed by atoms with van der Waals surface area (Å²) in [5, 5.41) is 7.36. The largest absolute Gasteiger partial charge is 0.480 e. The molecule has 9 heteroatoms. The Kier molecular flexibility index (Phi) is 3.94. The van der Waals surface area contributed by atoms with Gasteiger partial charge in [-0.3, -0.25) is 4.57 Å². The number of ether oxygens (including phenoxy) is 1. The van der Waals surface area contributed by atoms with Crippen LogP contribution >= 0.6 is 10.7 Å². The van der Waals surface area contributed by atoms with Gasteiger partial charge >= 0.3 is 0 Å². The van der Waals surface area contributed by atoms with Gasteiger partial charge in [-0.05, 0) is 32.9 Å². The van der Waals surface area contributed by atoms with E-state index in [1.807, 2.05) is 20.8 Å². The van der Waals surface area contributed by atoms with Gasteiger partial charge in [0.05, 0.1) is 12.7 Å². The van der Waals surface area contributed by atoms with Gasteiger partial charge in [-0.1, -0.05) is 0 Å². The molecule has 0 saturated heterocycles. The maximum Gasteiger partial charge on any atom is 0.296 e. The minimum absolute atomic E-state index is 0.308. The molecule has 0 spiro atoms. The van der Waals surface area contributed by atoms with Crippen LogP contribution in [0.3, 0.4) is 0 Å². The molecule has 0 aliphatic heterocycles. The molecule has 0 fully saturated rings. The molecular weight excluding hydrogens is 316 g/mol. The van der Waals surface area contributed by atoms with Crippen LogP contribution in [0.5, 0.6) is 5.88 Å². The highest BCUT2D eigenvalue weighted by Gasteiger charge is 2.31. The zero-order chi connectivity index (χ0) is 15.8. The molecule has 0 amide bonds. The van der Waals surface area contributed by atoms with Gasteiger partial charge in [0.2, 0.25) is 5.88 Å². The average Bonchev–Trinajstić information content (AvgIpc) is 2.83. The Labute approximate surface area is 127 Å². The Bertz CT molecular complexity index is 765. The van der Waals surface area contributed by atoms with Crippen LogP contribution in [0.25, 0.3) is 11.4 Å². The Morgan fingerprint density at radius 1 is 1.29 bits per heavy atom. The number of pyridine rings is 1. The minimum Gasteiger partial charge on any atom is -0.480 e. The second-order valence-corrected chi connectivity index (χ2v) is 7.77. The predicted octanol–water partition coefficient (Wildman–Crippen LogP) is 2.03. The lowest BCUT2D eigenvalue weighted by atomic mass is 10.1. The number of hydrogen-bond donors (Lipinski definition) is 0. The van der Waals surface area contributed by atoms with Crippen molar-refractivity contribution in [1.29, 1.82) is 0 Å². The van der Waals surface area contributed by atoms with Crippen molar-refractivity contribution in [2.75, 3.05) is 7.11 Å². The molecule has 0 radical (unpaired) electrons. The van der Waals surface area contributed by atoms with Crippen LogP contribution in [0.15, 0.2) is 23.5 Å². The van der Waals surface area contributed by atoms with Gasteiger partial charge in [0.25, 0.3) is 14.2 Å². The molecule has 0 aliphatic rings. The van der Waals surface area contributed by atoms with Crippen molar-refractivity contribution in [3.8, 4) is 17.3 Å². The summed E-state index contributed by atoms with van der Waals surface area (Å²) in [6, 6.07) is 3.43. The van der Waals surface area contributed by atoms with Crippen LogP contribution in [0.4, 0.5) is 0 Å². The standard InChI is InChI=1S/C12H15ClN4O3S/c1-12(2,3)17-9(15-16-11(17)21(13,18)19)8-6-5-7-14-10(8)20-4/h5-7H,1-4H3. The minimum atomic E-state index is -4.02. The first-order chi connectivity index (χ1) is 9.66. The first kappa shape index (κ1) is 15.7. The topological polar surface area (TPSA) is 87.0 Å². The summed E-state index contributed by atoms with van der Waals surface area (Å²) < 4.78 is 30.0. The van der Waals surface area contributed by atoms with Crippen molar-refractivity contribution in [2.45, 2.75) is 31.5 Å². The maximum absolute atomic E-state index is 11.7. The number of nitrogens with zero attached hydrogens (tertiary/aromatic N) is 4. The van der Waals surface area contributed by atoms with E-state index in [0.29, 0.717) is 17.3 Å². The van der Waals surface area contributed by atoms with E-state index >= 15 is 0 Å². The van der Waals surface area contributed by atoms with Crippen molar-refractivity contribution >= 4 is 19.7 Å². The van der Waals surface area contributed by atoms with E-state index in [-0.39, 0.29) is 5.16 Å². The van der Waals surface area contributed by atoms with E-state index in [4.69, 9.17) is 15.4 Å². The number of aromatic nitrogens is 4. The van der Waals surface area contributed by atoms with E-state index in [1.54, 1.807) is 18.3 Å². The highest BCUT2D eigenvalue weighted by molar-refractivity contribution is 8.13. The molecule has 0 aromatic carbocycles. The quantitative estimate of drug-likeness (QED) is 0.800. The van der Waals surface area contributed by atoms with Crippen LogP contribution in [0.2, 0.25) is 0 Å². The van der Waals surface area contributed by atoms with Crippen LogP contribution in [0, 0.1) is 0 Å². The summed E-state index contributed by atoms with van der Waals surface area (Å²) in [6.45, 7) is 5.48. The Morgan fingerprint density at radius 2 is 1.95 bits per heavy atom. The lowest BCUT2D eigenvalue weighted by molar-refractivity contribution is 0.364. The van der Waals surface area contributed by atoms with Gasteiger partial charge in [-0.25, -0.2) is 13.4 Å². The normalized spacial score (nSPS) is 12.4. The first-order valence-electron chi connectivity index (χ1n) is 6.06. The Morgan fingerprint density at radius 3 is 2.48 bits per heavy atom. The molecule has 0 unspecified atom stereocenters. The molecular formula is C12H15ClN4O3S. The zero-order valence-corrected chi connectivity index (χ0v) is 13.6. The fourth-order valence-electron chi connectivity index (χ4n) is 1.93. The molecule has 2 rings (SSSR count). The van der Waals surface area contributed by atoms with Gasteiger partial charge in [0.15, 0.2) is 5.82 Å². The fourth-order valence-corrected chi connectivity index (χ4v) is 2.95. The van der Waals surface area contributed by atoms with Crippen LogP contribution < -0.4 is 4.74 Å². The Hall–Kier alpha value is -1.67. The van der Waals surface area contributed by atoms with Crippen molar-refractivity contribution < 1.29 is 13.2 Å². The first-order valence-corrected chi connectivity index (χ1v) is 8.37. The molecule has 7 nitrogen and oxygen atoms in total. The van der Waals surface area contributed by atoms with Gasteiger partial charge in [0, 0.05) is 22.4 Å². The molecule has 114 valence electrons. The van der Waals surface area contributed by atoms with Crippen molar-refractivity contribution in [3.63, 3.8) is 0 Å². The molecule has 21 heavy (non-hydrogen) atoms. The molecule has 0 N–H and O–H groups in total. The number of rotatable bonds is 3. The second kappa shape index (κ2) is 5.27. The van der Waals surface area contributed by atoms with Crippen molar-refractivity contribution in [2.24, 2.45) is 0 Å². The highest BCUT2D eigenvalue weighted by Crippen LogP contribution is 2.32. The van der Waals surface area contributed by atoms with E-state index in [9.17, 15) is 8.42 Å². The molecule has 0 bridgehead atoms. The molecule has 2 heterocycles. The van der Waals surface area contributed by atoms with Gasteiger partial charge in [0.1, 0.15) is 0 Å². The average molecular weight is 331 g/mol. The van der Waals surface area contributed by atoms with E-state index < -0.39 is 14.6 Å². The third kappa shape index (κ3) is 3.01. The number of hydrogen-bond acceptors (Lipinski definition) is 6. The highest BCUT2D eigenvalue weighted by atomic mass is 35.7. The summed E-state index contributed by atoms with van der Waals surface area (Å²) in [6.07, 6.45) is 1.57.